The quantitative estimate of drug-likeness (QED) is 0.628. The summed E-state index contributed by atoms with van der Waals surface area (Å²) >= 11 is 0. The van der Waals surface area contributed by atoms with Gasteiger partial charge in [0.25, 0.3) is 0 Å². The molecule has 4 rings (SSSR count). The van der Waals surface area contributed by atoms with Gasteiger partial charge >= 0.3 is 12.1 Å². The monoisotopic (exact) mass is 472 g/mol. The van der Waals surface area contributed by atoms with Crippen molar-refractivity contribution in [2.24, 2.45) is 5.92 Å². The van der Waals surface area contributed by atoms with Gasteiger partial charge in [0.2, 0.25) is 5.76 Å². The number of ether oxygens (including phenoxy) is 2. The number of carboxylic acids is 1. The molecule has 1 N–H and O–H groups in total. The van der Waals surface area contributed by atoms with Gasteiger partial charge in [-0.15, -0.1) is 0 Å². The summed E-state index contributed by atoms with van der Waals surface area (Å²) < 4.78 is 17.1. The fourth-order valence-electron chi connectivity index (χ4n) is 4.75. The zero-order chi connectivity index (χ0) is 24.2. The molecular formula is C24H32N4O6. The summed E-state index contributed by atoms with van der Waals surface area (Å²) in [6.45, 7) is 3.60. The third-order valence-corrected chi connectivity index (χ3v) is 6.89. The van der Waals surface area contributed by atoms with Crippen molar-refractivity contribution in [2.45, 2.75) is 84.0 Å². The van der Waals surface area contributed by atoms with Crippen molar-refractivity contribution < 1.29 is 28.7 Å². The molecule has 34 heavy (non-hydrogen) atoms. The van der Waals surface area contributed by atoms with Gasteiger partial charge in [-0.2, -0.15) is 0 Å². The second kappa shape index (κ2) is 10.4. The standard InChI is InChI=1S/C24H32N4O6/c1-14-19(13-32-24(31)28(3)17-8-4-5-9-17)21(34-27-14)22-25-12-20(15(2)26-22)33-18-10-6-7-16(11-18)23(29)30/h12,16-18H,4-11,13H2,1-3H3,(H,29,30)/t16-,18-/m0/s1. The molecule has 0 radical (unpaired) electrons. The molecule has 2 atom stereocenters. The number of aliphatic carboxylic acids is 1. The fraction of sp³-hybridized carbons (Fsp3) is 0.625. The molecule has 10 nitrogen and oxygen atoms in total. The first-order valence-corrected chi connectivity index (χ1v) is 11.9. The van der Waals surface area contributed by atoms with Crippen LogP contribution in [0.15, 0.2) is 10.7 Å². The van der Waals surface area contributed by atoms with E-state index < -0.39 is 5.97 Å². The van der Waals surface area contributed by atoms with Crippen molar-refractivity contribution in [1.29, 1.82) is 0 Å². The van der Waals surface area contributed by atoms with E-state index in [1.807, 2.05) is 0 Å². The molecule has 2 saturated carbocycles. The van der Waals surface area contributed by atoms with E-state index in [0.29, 0.717) is 47.1 Å². The Morgan fingerprint density at radius 1 is 1.15 bits per heavy atom. The van der Waals surface area contributed by atoms with Crippen molar-refractivity contribution >= 4 is 12.1 Å². The van der Waals surface area contributed by atoms with Crippen LogP contribution in [0.3, 0.4) is 0 Å². The average molecular weight is 473 g/mol. The lowest BCUT2D eigenvalue weighted by Crippen LogP contribution is -2.35. The summed E-state index contributed by atoms with van der Waals surface area (Å²) in [6.07, 6.45) is 8.07. The average Bonchev–Trinajstić information content (AvgIpc) is 3.48. The summed E-state index contributed by atoms with van der Waals surface area (Å²) in [5, 5.41) is 13.3. The number of hydrogen-bond acceptors (Lipinski definition) is 8. The third kappa shape index (κ3) is 5.31. The van der Waals surface area contributed by atoms with Crippen LogP contribution in [0, 0.1) is 19.8 Å². The van der Waals surface area contributed by atoms with Crippen LogP contribution in [0.25, 0.3) is 11.6 Å². The zero-order valence-electron chi connectivity index (χ0n) is 20.0. The van der Waals surface area contributed by atoms with Crippen molar-refractivity contribution in [1.82, 2.24) is 20.0 Å². The van der Waals surface area contributed by atoms with Crippen LogP contribution in [0.2, 0.25) is 0 Å². The second-order valence-corrected chi connectivity index (χ2v) is 9.26. The smallest absolute Gasteiger partial charge is 0.410 e. The molecular weight excluding hydrogens is 440 g/mol. The highest BCUT2D eigenvalue weighted by atomic mass is 16.6. The number of nitrogens with zero attached hydrogens (tertiary/aromatic N) is 4. The van der Waals surface area contributed by atoms with Gasteiger partial charge in [-0.25, -0.2) is 14.8 Å². The molecule has 2 heterocycles. The highest BCUT2D eigenvalue weighted by Gasteiger charge is 2.29. The van der Waals surface area contributed by atoms with E-state index in [-0.39, 0.29) is 30.8 Å². The van der Waals surface area contributed by atoms with Crippen molar-refractivity contribution in [2.75, 3.05) is 7.05 Å². The molecule has 0 aromatic carbocycles. The van der Waals surface area contributed by atoms with Crippen LogP contribution in [0.4, 0.5) is 4.79 Å². The van der Waals surface area contributed by atoms with Gasteiger partial charge in [-0.1, -0.05) is 18.0 Å². The number of aromatic nitrogens is 3. The van der Waals surface area contributed by atoms with Gasteiger partial charge in [-0.3, -0.25) is 4.79 Å². The van der Waals surface area contributed by atoms with Crippen LogP contribution in [0.5, 0.6) is 5.75 Å². The molecule has 2 aliphatic carbocycles. The van der Waals surface area contributed by atoms with Gasteiger partial charge in [0.05, 0.1) is 35.2 Å². The molecule has 0 spiro atoms. The number of carbonyl (C=O) groups excluding carboxylic acids is 1. The SMILES string of the molecule is Cc1nc(-c2onc(C)c2COC(=O)N(C)C2CCCC2)ncc1O[C@H]1CCC[C@H](C(=O)O)C1. The summed E-state index contributed by atoms with van der Waals surface area (Å²) in [5.74, 6) is 0.0383. The van der Waals surface area contributed by atoms with E-state index in [1.54, 1.807) is 32.0 Å². The molecule has 184 valence electrons. The number of aryl methyl sites for hydroxylation is 2. The maximum Gasteiger partial charge on any atom is 0.410 e. The summed E-state index contributed by atoms with van der Waals surface area (Å²) in [4.78, 5) is 34.4. The molecule has 0 bridgehead atoms. The lowest BCUT2D eigenvalue weighted by molar-refractivity contribution is -0.143. The van der Waals surface area contributed by atoms with E-state index >= 15 is 0 Å². The number of rotatable bonds is 7. The molecule has 0 aliphatic heterocycles. The van der Waals surface area contributed by atoms with Crippen molar-refractivity contribution in [3.8, 4) is 17.3 Å². The van der Waals surface area contributed by atoms with E-state index in [1.165, 1.54) is 0 Å². The topological polar surface area (TPSA) is 128 Å². The largest absolute Gasteiger partial charge is 0.487 e. The first-order valence-electron chi connectivity index (χ1n) is 11.9. The minimum absolute atomic E-state index is 0.0138. The first kappa shape index (κ1) is 24.0. The van der Waals surface area contributed by atoms with E-state index in [4.69, 9.17) is 14.0 Å². The summed E-state index contributed by atoms with van der Waals surface area (Å²) in [5.41, 5.74) is 1.84. The number of carbonyl (C=O) groups is 2. The Morgan fingerprint density at radius 2 is 1.91 bits per heavy atom. The van der Waals surface area contributed by atoms with Crippen molar-refractivity contribution in [3.05, 3.63) is 23.1 Å². The number of carboxylic acid groups (broad SMARTS) is 1. The van der Waals surface area contributed by atoms with E-state index in [2.05, 4.69) is 15.1 Å². The van der Waals surface area contributed by atoms with Gasteiger partial charge in [-0.05, 0) is 52.4 Å². The highest BCUT2D eigenvalue weighted by Crippen LogP contribution is 2.31. The lowest BCUT2D eigenvalue weighted by atomic mass is 9.87. The summed E-state index contributed by atoms with van der Waals surface area (Å²) in [7, 11) is 1.77. The molecule has 2 aromatic rings. The van der Waals surface area contributed by atoms with Crippen LogP contribution in [-0.2, 0) is 16.1 Å². The van der Waals surface area contributed by atoms with Crippen molar-refractivity contribution in [3.63, 3.8) is 0 Å². The molecule has 0 saturated heterocycles. The minimum Gasteiger partial charge on any atom is -0.487 e. The summed E-state index contributed by atoms with van der Waals surface area (Å²) in [6, 6.07) is 0.226. The van der Waals surface area contributed by atoms with Gasteiger partial charge in [0, 0.05) is 13.1 Å². The van der Waals surface area contributed by atoms with Gasteiger partial charge in [0.15, 0.2) is 11.6 Å². The van der Waals surface area contributed by atoms with Crippen LogP contribution in [0.1, 0.15) is 68.3 Å². The second-order valence-electron chi connectivity index (χ2n) is 9.26. The maximum absolute atomic E-state index is 12.5. The predicted molar refractivity (Wildman–Crippen MR) is 121 cm³/mol. The van der Waals surface area contributed by atoms with E-state index in [0.717, 1.165) is 38.5 Å². The van der Waals surface area contributed by atoms with Crippen LogP contribution < -0.4 is 4.74 Å². The normalized spacial score (nSPS) is 20.8. The Bertz CT molecular complexity index is 1030. The third-order valence-electron chi connectivity index (χ3n) is 6.89. The van der Waals surface area contributed by atoms with Gasteiger partial charge < -0.3 is 24.0 Å². The fourth-order valence-corrected chi connectivity index (χ4v) is 4.75. The number of amides is 1. The van der Waals surface area contributed by atoms with Crippen LogP contribution >= 0.6 is 0 Å². The predicted octanol–water partition coefficient (Wildman–Crippen LogP) is 4.28. The van der Waals surface area contributed by atoms with Gasteiger partial charge in [0.1, 0.15) is 6.61 Å². The lowest BCUT2D eigenvalue weighted by Gasteiger charge is -2.27. The Balaban J connectivity index is 1.43. The van der Waals surface area contributed by atoms with E-state index in [9.17, 15) is 14.7 Å². The molecule has 10 heteroatoms. The zero-order valence-corrected chi connectivity index (χ0v) is 20.0. The maximum atomic E-state index is 12.5. The van der Waals surface area contributed by atoms with Crippen LogP contribution in [-0.4, -0.2) is 56.4 Å². The first-order chi connectivity index (χ1) is 16.3. The number of hydrogen-bond donors (Lipinski definition) is 1. The Hall–Kier alpha value is -3.17. The Labute approximate surface area is 198 Å². The minimum atomic E-state index is -0.778. The molecule has 2 fully saturated rings. The Morgan fingerprint density at radius 3 is 2.62 bits per heavy atom. The molecule has 2 aromatic heterocycles. The molecule has 2 aliphatic rings. The highest BCUT2D eigenvalue weighted by molar-refractivity contribution is 5.70. The molecule has 0 unspecified atom stereocenters. The molecule has 1 amide bonds. The Kier molecular flexibility index (Phi) is 7.33.